The molecular formula is C16H14N2O3. The molecule has 0 saturated carbocycles. The van der Waals surface area contributed by atoms with Gasteiger partial charge in [-0.25, -0.2) is 0 Å². The lowest BCUT2D eigenvalue weighted by Gasteiger charge is -2.07. The van der Waals surface area contributed by atoms with Gasteiger partial charge in [0, 0.05) is 23.3 Å². The number of para-hydroxylation sites is 1. The van der Waals surface area contributed by atoms with Crippen molar-refractivity contribution in [2.75, 3.05) is 0 Å². The molecule has 5 nitrogen and oxygen atoms in total. The summed E-state index contributed by atoms with van der Waals surface area (Å²) in [5.41, 5.74) is 2.65. The van der Waals surface area contributed by atoms with Crippen LogP contribution < -0.4 is 0 Å². The standard InChI is InChI=1S/C16H14N2O3/c19-11-12-5-6-15-13(9-12)7-8-17(15)10-14-3-1-2-4-16(14)18(20)21/h1-9,19H,10-11H2. The maximum atomic E-state index is 11.1. The summed E-state index contributed by atoms with van der Waals surface area (Å²) in [5, 5.41) is 21.2. The van der Waals surface area contributed by atoms with E-state index in [-0.39, 0.29) is 17.2 Å². The van der Waals surface area contributed by atoms with Gasteiger partial charge >= 0.3 is 0 Å². The second kappa shape index (κ2) is 5.38. The van der Waals surface area contributed by atoms with Crippen LogP contribution in [-0.2, 0) is 13.2 Å². The highest BCUT2D eigenvalue weighted by Crippen LogP contribution is 2.23. The van der Waals surface area contributed by atoms with Crippen LogP contribution in [-0.4, -0.2) is 14.6 Å². The maximum absolute atomic E-state index is 11.1. The first-order valence-corrected chi connectivity index (χ1v) is 6.60. The summed E-state index contributed by atoms with van der Waals surface area (Å²) in [7, 11) is 0. The Hall–Kier alpha value is -2.66. The number of hydrogen-bond donors (Lipinski definition) is 1. The predicted molar refractivity (Wildman–Crippen MR) is 80.1 cm³/mol. The van der Waals surface area contributed by atoms with E-state index in [1.165, 1.54) is 6.07 Å². The summed E-state index contributed by atoms with van der Waals surface area (Å²) < 4.78 is 1.97. The molecule has 0 aliphatic heterocycles. The molecule has 0 fully saturated rings. The van der Waals surface area contributed by atoms with Gasteiger partial charge in [0.25, 0.3) is 5.69 Å². The lowest BCUT2D eigenvalue weighted by Crippen LogP contribution is -2.02. The highest BCUT2D eigenvalue weighted by Gasteiger charge is 2.13. The van der Waals surface area contributed by atoms with Crippen molar-refractivity contribution in [3.8, 4) is 0 Å². The van der Waals surface area contributed by atoms with Crippen LogP contribution in [0, 0.1) is 10.1 Å². The molecule has 0 spiro atoms. The number of aliphatic hydroxyl groups is 1. The second-order valence-corrected chi connectivity index (χ2v) is 4.88. The zero-order valence-corrected chi connectivity index (χ0v) is 11.3. The fourth-order valence-electron chi connectivity index (χ4n) is 2.49. The average molecular weight is 282 g/mol. The third kappa shape index (κ3) is 2.51. The number of fused-ring (bicyclic) bond motifs is 1. The van der Waals surface area contributed by atoms with Gasteiger partial charge < -0.3 is 9.67 Å². The molecule has 21 heavy (non-hydrogen) atoms. The zero-order chi connectivity index (χ0) is 14.8. The summed E-state index contributed by atoms with van der Waals surface area (Å²) >= 11 is 0. The Balaban J connectivity index is 2.01. The van der Waals surface area contributed by atoms with Gasteiger partial charge in [0.1, 0.15) is 0 Å². The minimum absolute atomic E-state index is 0.00524. The summed E-state index contributed by atoms with van der Waals surface area (Å²) in [6.45, 7) is 0.449. The van der Waals surface area contributed by atoms with Crippen molar-refractivity contribution in [3.05, 3.63) is 76.0 Å². The Morgan fingerprint density at radius 1 is 1.14 bits per heavy atom. The number of rotatable bonds is 4. The van der Waals surface area contributed by atoms with Crippen LogP contribution in [0.4, 0.5) is 5.69 Å². The van der Waals surface area contributed by atoms with E-state index in [1.54, 1.807) is 18.2 Å². The molecule has 0 aliphatic carbocycles. The highest BCUT2D eigenvalue weighted by molar-refractivity contribution is 5.81. The molecule has 3 rings (SSSR count). The minimum Gasteiger partial charge on any atom is -0.392 e. The molecule has 3 aromatic rings. The number of hydrogen-bond acceptors (Lipinski definition) is 3. The van der Waals surface area contributed by atoms with Crippen LogP contribution in [0.1, 0.15) is 11.1 Å². The molecule has 1 N–H and O–H groups in total. The fourth-order valence-corrected chi connectivity index (χ4v) is 2.49. The van der Waals surface area contributed by atoms with Gasteiger partial charge in [-0.2, -0.15) is 0 Å². The molecule has 1 aromatic heterocycles. The van der Waals surface area contributed by atoms with Gasteiger partial charge in [-0.1, -0.05) is 24.3 Å². The van der Waals surface area contributed by atoms with Crippen molar-refractivity contribution in [3.63, 3.8) is 0 Å². The molecule has 0 aliphatic rings. The van der Waals surface area contributed by atoms with Crippen molar-refractivity contribution >= 4 is 16.6 Å². The first-order valence-electron chi connectivity index (χ1n) is 6.60. The Morgan fingerprint density at radius 2 is 1.95 bits per heavy atom. The lowest BCUT2D eigenvalue weighted by atomic mass is 10.1. The van der Waals surface area contributed by atoms with E-state index < -0.39 is 0 Å². The molecule has 0 bridgehead atoms. The Kier molecular flexibility index (Phi) is 3.41. The molecule has 0 saturated heterocycles. The zero-order valence-electron chi connectivity index (χ0n) is 11.3. The van der Waals surface area contributed by atoms with Gasteiger partial charge in [-0.3, -0.25) is 10.1 Å². The minimum atomic E-state index is -0.356. The molecule has 1 heterocycles. The second-order valence-electron chi connectivity index (χ2n) is 4.88. The van der Waals surface area contributed by atoms with E-state index in [0.29, 0.717) is 12.1 Å². The number of nitro benzene ring substituents is 1. The van der Waals surface area contributed by atoms with E-state index in [9.17, 15) is 10.1 Å². The highest BCUT2D eigenvalue weighted by atomic mass is 16.6. The van der Waals surface area contributed by atoms with Crippen molar-refractivity contribution < 1.29 is 10.0 Å². The number of nitrogens with zero attached hydrogens (tertiary/aromatic N) is 2. The molecule has 5 heteroatoms. The number of benzene rings is 2. The summed E-state index contributed by atoms with van der Waals surface area (Å²) in [6, 6.07) is 14.4. The van der Waals surface area contributed by atoms with E-state index in [2.05, 4.69) is 0 Å². The van der Waals surface area contributed by atoms with E-state index in [4.69, 9.17) is 5.11 Å². The van der Waals surface area contributed by atoms with Crippen molar-refractivity contribution in [2.24, 2.45) is 0 Å². The molecule has 0 unspecified atom stereocenters. The van der Waals surface area contributed by atoms with Crippen LogP contribution in [0.3, 0.4) is 0 Å². The maximum Gasteiger partial charge on any atom is 0.274 e. The largest absolute Gasteiger partial charge is 0.392 e. The third-order valence-electron chi connectivity index (χ3n) is 3.55. The van der Waals surface area contributed by atoms with Gasteiger partial charge in [0.2, 0.25) is 0 Å². The third-order valence-corrected chi connectivity index (χ3v) is 3.55. The van der Waals surface area contributed by atoms with Gasteiger partial charge in [-0.15, -0.1) is 0 Å². The summed E-state index contributed by atoms with van der Waals surface area (Å²) in [5.74, 6) is 0. The topological polar surface area (TPSA) is 68.3 Å². The van der Waals surface area contributed by atoms with Crippen molar-refractivity contribution in [1.82, 2.24) is 4.57 Å². The van der Waals surface area contributed by atoms with Crippen LogP contribution in [0.25, 0.3) is 10.9 Å². The average Bonchev–Trinajstić information content (AvgIpc) is 2.90. The SMILES string of the molecule is O=[N+]([O-])c1ccccc1Cn1ccc2cc(CO)ccc21. The number of nitro groups is 1. The van der Waals surface area contributed by atoms with Gasteiger partial charge in [-0.05, 0) is 29.1 Å². The van der Waals surface area contributed by atoms with Gasteiger partial charge in [0.05, 0.1) is 18.1 Å². The summed E-state index contributed by atoms with van der Waals surface area (Å²) in [4.78, 5) is 10.7. The number of aromatic nitrogens is 1. The van der Waals surface area contributed by atoms with Crippen LogP contribution in [0.5, 0.6) is 0 Å². The van der Waals surface area contributed by atoms with Gasteiger partial charge in [0.15, 0.2) is 0 Å². The van der Waals surface area contributed by atoms with Crippen LogP contribution in [0.2, 0.25) is 0 Å². The van der Waals surface area contributed by atoms with Crippen LogP contribution >= 0.6 is 0 Å². The first kappa shape index (κ1) is 13.3. The monoisotopic (exact) mass is 282 g/mol. The molecule has 0 amide bonds. The summed E-state index contributed by atoms with van der Waals surface area (Å²) in [6.07, 6.45) is 1.91. The fraction of sp³-hybridized carbons (Fsp3) is 0.125. The normalized spacial score (nSPS) is 10.9. The molecular weight excluding hydrogens is 268 g/mol. The van der Waals surface area contributed by atoms with E-state index in [1.807, 2.05) is 35.0 Å². The van der Waals surface area contributed by atoms with Crippen molar-refractivity contribution in [2.45, 2.75) is 13.2 Å². The molecule has 106 valence electrons. The Labute approximate surface area is 121 Å². The lowest BCUT2D eigenvalue weighted by molar-refractivity contribution is -0.385. The first-order chi connectivity index (χ1) is 10.2. The molecule has 0 radical (unpaired) electrons. The van der Waals surface area contributed by atoms with E-state index >= 15 is 0 Å². The van der Waals surface area contributed by atoms with Crippen molar-refractivity contribution in [1.29, 1.82) is 0 Å². The van der Waals surface area contributed by atoms with Crippen LogP contribution in [0.15, 0.2) is 54.7 Å². The Bertz CT molecular complexity index is 808. The smallest absolute Gasteiger partial charge is 0.274 e. The predicted octanol–water partition coefficient (Wildman–Crippen LogP) is 3.09. The Morgan fingerprint density at radius 3 is 2.71 bits per heavy atom. The number of aliphatic hydroxyl groups excluding tert-OH is 1. The molecule has 0 atom stereocenters. The quantitative estimate of drug-likeness (QED) is 0.590. The molecule has 2 aromatic carbocycles. The van der Waals surface area contributed by atoms with E-state index in [0.717, 1.165) is 16.5 Å².